The summed E-state index contributed by atoms with van der Waals surface area (Å²) in [5.74, 6) is 0.00548. The van der Waals surface area contributed by atoms with Gasteiger partial charge in [-0.25, -0.2) is 0 Å². The van der Waals surface area contributed by atoms with Gasteiger partial charge in [-0.15, -0.1) is 0 Å². The third-order valence-corrected chi connectivity index (χ3v) is 4.57. The van der Waals surface area contributed by atoms with Gasteiger partial charge in [0.05, 0.1) is 13.2 Å². The van der Waals surface area contributed by atoms with Gasteiger partial charge in [0.15, 0.2) is 6.29 Å². The average Bonchev–Trinajstić information content (AvgIpc) is 2.95. The lowest BCUT2D eigenvalue weighted by Gasteiger charge is -2.30. The molecule has 2 unspecified atom stereocenters. The Bertz CT molecular complexity index is 299. The van der Waals surface area contributed by atoms with Gasteiger partial charge < -0.3 is 14.2 Å². The number of hydrogen-bond donors (Lipinski definition) is 0. The standard InChI is InChI=1S/C17H30O4/c1-14(18)21-16-11-9-7-5-3-2-4-6-8-10-15(16)17-19-12-13-20-17/h15-17H,2-13H2,1H3. The molecule has 2 aliphatic rings. The maximum absolute atomic E-state index is 11.4. The number of rotatable bonds is 2. The highest BCUT2D eigenvalue weighted by Gasteiger charge is 2.34. The Morgan fingerprint density at radius 2 is 1.38 bits per heavy atom. The summed E-state index contributed by atoms with van der Waals surface area (Å²) in [6, 6.07) is 0. The number of hydrogen-bond acceptors (Lipinski definition) is 4. The van der Waals surface area contributed by atoms with Crippen LogP contribution in [0.1, 0.15) is 71.1 Å². The van der Waals surface area contributed by atoms with Gasteiger partial charge in [0, 0.05) is 12.8 Å². The normalized spacial score (nSPS) is 30.3. The minimum atomic E-state index is -0.185. The summed E-state index contributed by atoms with van der Waals surface area (Å²) < 4.78 is 17.1. The third-order valence-electron chi connectivity index (χ3n) is 4.57. The molecule has 2 rings (SSSR count). The Morgan fingerprint density at radius 1 is 0.857 bits per heavy atom. The second-order valence-corrected chi connectivity index (χ2v) is 6.33. The molecule has 0 aromatic rings. The first-order valence-electron chi connectivity index (χ1n) is 8.68. The first-order valence-corrected chi connectivity index (χ1v) is 8.68. The smallest absolute Gasteiger partial charge is 0.302 e. The molecule has 1 heterocycles. The summed E-state index contributed by atoms with van der Waals surface area (Å²) in [5.41, 5.74) is 0. The Hall–Kier alpha value is -0.610. The van der Waals surface area contributed by atoms with Crippen LogP contribution in [0, 0.1) is 5.92 Å². The van der Waals surface area contributed by atoms with Crippen LogP contribution >= 0.6 is 0 Å². The molecule has 122 valence electrons. The average molecular weight is 298 g/mol. The molecule has 0 N–H and O–H groups in total. The second-order valence-electron chi connectivity index (χ2n) is 6.33. The van der Waals surface area contributed by atoms with E-state index in [1.54, 1.807) is 0 Å². The fraction of sp³-hybridized carbons (Fsp3) is 0.941. The van der Waals surface area contributed by atoms with Gasteiger partial charge in [0.1, 0.15) is 6.10 Å². The molecular formula is C17H30O4. The molecule has 2 fully saturated rings. The van der Waals surface area contributed by atoms with Gasteiger partial charge >= 0.3 is 5.97 Å². The molecule has 0 amide bonds. The van der Waals surface area contributed by atoms with Crippen LogP contribution in [0.5, 0.6) is 0 Å². The highest BCUT2D eigenvalue weighted by Crippen LogP contribution is 2.30. The minimum Gasteiger partial charge on any atom is -0.462 e. The van der Waals surface area contributed by atoms with Crippen molar-refractivity contribution in [2.45, 2.75) is 83.5 Å². The largest absolute Gasteiger partial charge is 0.462 e. The van der Waals surface area contributed by atoms with Crippen LogP contribution < -0.4 is 0 Å². The number of carbonyl (C=O) groups excluding carboxylic acids is 1. The molecule has 1 saturated carbocycles. The Morgan fingerprint density at radius 3 is 1.95 bits per heavy atom. The lowest BCUT2D eigenvalue weighted by Crippen LogP contribution is -2.35. The first-order chi connectivity index (χ1) is 10.3. The zero-order valence-corrected chi connectivity index (χ0v) is 13.4. The van der Waals surface area contributed by atoms with Crippen molar-refractivity contribution in [2.24, 2.45) is 5.92 Å². The van der Waals surface area contributed by atoms with Crippen LogP contribution in [0.25, 0.3) is 0 Å². The topological polar surface area (TPSA) is 44.8 Å². The van der Waals surface area contributed by atoms with Gasteiger partial charge in [-0.3, -0.25) is 4.79 Å². The van der Waals surface area contributed by atoms with Crippen LogP contribution in [0.3, 0.4) is 0 Å². The molecule has 2 atom stereocenters. The van der Waals surface area contributed by atoms with Crippen LogP contribution in [0.2, 0.25) is 0 Å². The molecule has 1 aliphatic heterocycles. The van der Waals surface area contributed by atoms with E-state index >= 15 is 0 Å². The molecule has 0 spiro atoms. The van der Waals surface area contributed by atoms with E-state index in [9.17, 15) is 4.79 Å². The molecule has 0 aromatic carbocycles. The molecular weight excluding hydrogens is 268 g/mol. The molecule has 1 saturated heterocycles. The molecule has 21 heavy (non-hydrogen) atoms. The lowest BCUT2D eigenvalue weighted by atomic mass is 9.89. The zero-order chi connectivity index (χ0) is 14.9. The highest BCUT2D eigenvalue weighted by atomic mass is 16.7. The van der Waals surface area contributed by atoms with E-state index in [4.69, 9.17) is 14.2 Å². The second kappa shape index (κ2) is 9.42. The molecule has 0 aromatic heterocycles. The Kier molecular flexibility index (Phi) is 7.51. The summed E-state index contributed by atoms with van der Waals surface area (Å²) in [5, 5.41) is 0. The Labute approximate surface area is 128 Å². The van der Waals surface area contributed by atoms with Crippen molar-refractivity contribution in [2.75, 3.05) is 13.2 Å². The van der Waals surface area contributed by atoms with Crippen molar-refractivity contribution < 1.29 is 19.0 Å². The summed E-state index contributed by atoms with van der Waals surface area (Å²) >= 11 is 0. The van der Waals surface area contributed by atoms with E-state index < -0.39 is 0 Å². The monoisotopic (exact) mass is 298 g/mol. The predicted molar refractivity (Wildman–Crippen MR) is 80.9 cm³/mol. The minimum absolute atomic E-state index is 0.0509. The fourth-order valence-corrected chi connectivity index (χ4v) is 3.48. The summed E-state index contributed by atoms with van der Waals surface area (Å²) in [7, 11) is 0. The summed E-state index contributed by atoms with van der Waals surface area (Å²) in [4.78, 5) is 11.4. The van der Waals surface area contributed by atoms with E-state index in [0.717, 1.165) is 19.3 Å². The molecule has 1 aliphatic carbocycles. The van der Waals surface area contributed by atoms with Gasteiger partial charge in [-0.1, -0.05) is 44.9 Å². The van der Waals surface area contributed by atoms with Gasteiger partial charge in [-0.05, 0) is 19.3 Å². The van der Waals surface area contributed by atoms with E-state index in [1.165, 1.54) is 51.9 Å². The van der Waals surface area contributed by atoms with Crippen molar-refractivity contribution in [1.82, 2.24) is 0 Å². The molecule has 0 radical (unpaired) electrons. The first kappa shape index (κ1) is 16.8. The van der Waals surface area contributed by atoms with Crippen LogP contribution in [0.4, 0.5) is 0 Å². The van der Waals surface area contributed by atoms with Gasteiger partial charge in [0.25, 0.3) is 0 Å². The highest BCUT2D eigenvalue weighted by molar-refractivity contribution is 5.66. The van der Waals surface area contributed by atoms with E-state index in [-0.39, 0.29) is 24.3 Å². The van der Waals surface area contributed by atoms with E-state index in [0.29, 0.717) is 13.2 Å². The number of esters is 1. The maximum atomic E-state index is 11.4. The number of carbonyl (C=O) groups is 1. The van der Waals surface area contributed by atoms with Gasteiger partial charge in [-0.2, -0.15) is 0 Å². The van der Waals surface area contributed by atoms with E-state index in [2.05, 4.69) is 0 Å². The predicted octanol–water partition coefficient (Wildman–Crippen LogP) is 3.82. The Balaban J connectivity index is 1.99. The van der Waals surface area contributed by atoms with Crippen LogP contribution in [-0.4, -0.2) is 31.6 Å². The number of ether oxygens (including phenoxy) is 3. The van der Waals surface area contributed by atoms with Gasteiger partial charge in [0.2, 0.25) is 0 Å². The SMILES string of the molecule is CC(=O)OC1CCCCCCCCCCC1C1OCCO1. The zero-order valence-electron chi connectivity index (χ0n) is 13.4. The van der Waals surface area contributed by atoms with Crippen molar-refractivity contribution >= 4 is 5.97 Å². The van der Waals surface area contributed by atoms with Crippen molar-refractivity contribution in [3.8, 4) is 0 Å². The van der Waals surface area contributed by atoms with Crippen LogP contribution in [-0.2, 0) is 19.0 Å². The third kappa shape index (κ3) is 5.95. The molecule has 4 heteroatoms. The molecule has 0 bridgehead atoms. The summed E-state index contributed by atoms with van der Waals surface area (Å²) in [6.45, 7) is 2.82. The fourth-order valence-electron chi connectivity index (χ4n) is 3.48. The van der Waals surface area contributed by atoms with Crippen molar-refractivity contribution in [3.05, 3.63) is 0 Å². The summed E-state index contributed by atoms with van der Waals surface area (Å²) in [6.07, 6.45) is 11.8. The lowest BCUT2D eigenvalue weighted by molar-refractivity contribution is -0.164. The quantitative estimate of drug-likeness (QED) is 0.727. The maximum Gasteiger partial charge on any atom is 0.302 e. The van der Waals surface area contributed by atoms with E-state index in [1.807, 2.05) is 0 Å². The van der Waals surface area contributed by atoms with Crippen LogP contribution in [0.15, 0.2) is 0 Å². The van der Waals surface area contributed by atoms with Crippen molar-refractivity contribution in [3.63, 3.8) is 0 Å². The van der Waals surface area contributed by atoms with Crippen molar-refractivity contribution in [1.29, 1.82) is 0 Å². The molecule has 4 nitrogen and oxygen atoms in total.